The van der Waals surface area contributed by atoms with E-state index in [0.29, 0.717) is 5.28 Å². The topological polar surface area (TPSA) is 30.7 Å². The number of hydrogen-bond donors (Lipinski definition) is 0. The van der Waals surface area contributed by atoms with Crippen LogP contribution in [0, 0.1) is 6.92 Å². The van der Waals surface area contributed by atoms with Crippen molar-refractivity contribution in [3.63, 3.8) is 0 Å². The van der Waals surface area contributed by atoms with E-state index in [-0.39, 0.29) is 5.41 Å². The van der Waals surface area contributed by atoms with Gasteiger partial charge in [0.05, 0.1) is 5.69 Å². The fourth-order valence-corrected chi connectivity index (χ4v) is 2.28. The zero-order valence-corrected chi connectivity index (χ0v) is 13.2. The molecule has 5 heteroatoms. The molecule has 0 saturated carbocycles. The van der Waals surface area contributed by atoms with Crippen molar-refractivity contribution in [3.8, 4) is 5.69 Å². The van der Waals surface area contributed by atoms with Crippen LogP contribution in [0.25, 0.3) is 5.69 Å². The van der Waals surface area contributed by atoms with Crippen LogP contribution in [0.3, 0.4) is 0 Å². The highest BCUT2D eigenvalue weighted by Crippen LogP contribution is 2.28. The number of rotatable bonds is 1. The third-order valence-electron chi connectivity index (χ3n) is 2.71. The Morgan fingerprint density at radius 1 is 1.22 bits per heavy atom. The largest absolute Gasteiger partial charge is 0.269 e. The minimum Gasteiger partial charge on any atom is -0.269 e. The van der Waals surface area contributed by atoms with Crippen molar-refractivity contribution in [3.05, 3.63) is 39.3 Å². The summed E-state index contributed by atoms with van der Waals surface area (Å²) in [6.45, 7) is 8.32. The molecule has 1 heterocycles. The van der Waals surface area contributed by atoms with Gasteiger partial charge in [-0.1, -0.05) is 42.8 Å². The van der Waals surface area contributed by atoms with E-state index in [1.807, 2.05) is 29.7 Å². The molecule has 0 aliphatic carbocycles. The van der Waals surface area contributed by atoms with Gasteiger partial charge in [-0.05, 0) is 36.2 Å². The molecule has 18 heavy (non-hydrogen) atoms. The summed E-state index contributed by atoms with van der Waals surface area (Å²) in [4.78, 5) is 0. The Morgan fingerprint density at radius 2 is 1.89 bits per heavy atom. The van der Waals surface area contributed by atoms with Gasteiger partial charge in [-0.2, -0.15) is 0 Å². The first kappa shape index (κ1) is 13.6. The molecule has 0 fully saturated rings. The summed E-state index contributed by atoms with van der Waals surface area (Å²) in [5.74, 6) is 0.850. The predicted octanol–water partition coefficient (Wildman–Crippen LogP) is 4.29. The molecule has 2 aromatic rings. The van der Waals surface area contributed by atoms with Crippen LogP contribution >= 0.6 is 27.5 Å². The minimum absolute atomic E-state index is 0.114. The summed E-state index contributed by atoms with van der Waals surface area (Å²) in [5.41, 5.74) is 2.03. The quantitative estimate of drug-likeness (QED) is 0.782. The number of halogens is 2. The molecule has 0 spiro atoms. The number of benzene rings is 1. The van der Waals surface area contributed by atoms with Gasteiger partial charge >= 0.3 is 0 Å². The van der Waals surface area contributed by atoms with E-state index < -0.39 is 0 Å². The van der Waals surface area contributed by atoms with Crippen LogP contribution in [0.1, 0.15) is 32.2 Å². The highest BCUT2D eigenvalue weighted by molar-refractivity contribution is 9.10. The van der Waals surface area contributed by atoms with Crippen LogP contribution < -0.4 is 0 Å². The first-order chi connectivity index (χ1) is 8.30. The second kappa shape index (κ2) is 4.67. The summed E-state index contributed by atoms with van der Waals surface area (Å²) in [7, 11) is 0. The van der Waals surface area contributed by atoms with Gasteiger partial charge in [-0.25, -0.2) is 0 Å². The predicted molar refractivity (Wildman–Crippen MR) is 77.5 cm³/mol. The lowest BCUT2D eigenvalue weighted by molar-refractivity contribution is 0.533. The highest BCUT2D eigenvalue weighted by atomic mass is 79.9. The summed E-state index contributed by atoms with van der Waals surface area (Å²) in [6.07, 6.45) is 0. The Kier molecular flexibility index (Phi) is 3.52. The summed E-state index contributed by atoms with van der Waals surface area (Å²) < 4.78 is 2.93. The van der Waals surface area contributed by atoms with E-state index in [9.17, 15) is 0 Å². The molecule has 0 saturated heterocycles. The van der Waals surface area contributed by atoms with E-state index in [4.69, 9.17) is 11.6 Å². The number of nitrogens with zero attached hydrogens (tertiary/aromatic N) is 3. The van der Waals surface area contributed by atoms with Crippen molar-refractivity contribution in [1.29, 1.82) is 0 Å². The lowest BCUT2D eigenvalue weighted by atomic mass is 9.95. The van der Waals surface area contributed by atoms with Gasteiger partial charge in [0.1, 0.15) is 5.82 Å². The van der Waals surface area contributed by atoms with E-state index in [2.05, 4.69) is 46.9 Å². The van der Waals surface area contributed by atoms with Gasteiger partial charge in [-0.15, -0.1) is 10.2 Å². The molecule has 0 N–H and O–H groups in total. The Morgan fingerprint density at radius 3 is 2.44 bits per heavy atom. The van der Waals surface area contributed by atoms with Gasteiger partial charge in [0.2, 0.25) is 5.28 Å². The van der Waals surface area contributed by atoms with Crippen LogP contribution in [0.15, 0.2) is 22.7 Å². The molecule has 0 amide bonds. The Hall–Kier alpha value is -0.870. The zero-order valence-electron chi connectivity index (χ0n) is 10.8. The van der Waals surface area contributed by atoms with Crippen molar-refractivity contribution < 1.29 is 0 Å². The van der Waals surface area contributed by atoms with Crippen molar-refractivity contribution in [2.45, 2.75) is 33.1 Å². The highest BCUT2D eigenvalue weighted by Gasteiger charge is 2.24. The molecular weight excluding hydrogens is 314 g/mol. The molecular formula is C13H15BrClN3. The fourth-order valence-electron chi connectivity index (χ4n) is 1.70. The lowest BCUT2D eigenvalue weighted by Crippen LogP contribution is -2.18. The Labute approximate surface area is 120 Å². The average Bonchev–Trinajstić information content (AvgIpc) is 2.64. The lowest BCUT2D eigenvalue weighted by Gasteiger charge is -2.19. The molecule has 0 radical (unpaired) electrons. The van der Waals surface area contributed by atoms with E-state index >= 15 is 0 Å². The third-order valence-corrected chi connectivity index (χ3v) is 3.81. The van der Waals surface area contributed by atoms with Gasteiger partial charge in [-0.3, -0.25) is 4.57 Å². The minimum atomic E-state index is -0.114. The maximum Gasteiger partial charge on any atom is 0.229 e. The molecule has 0 unspecified atom stereocenters. The fraction of sp³-hybridized carbons (Fsp3) is 0.385. The average molecular weight is 329 g/mol. The van der Waals surface area contributed by atoms with E-state index in [0.717, 1.165) is 16.0 Å². The summed E-state index contributed by atoms with van der Waals surface area (Å²) in [6, 6.07) is 6.09. The van der Waals surface area contributed by atoms with Gasteiger partial charge in [0.15, 0.2) is 0 Å². The third kappa shape index (κ3) is 2.45. The second-order valence-corrected chi connectivity index (χ2v) is 6.50. The van der Waals surface area contributed by atoms with Gasteiger partial charge in [0, 0.05) is 9.89 Å². The number of hydrogen-bond acceptors (Lipinski definition) is 2. The van der Waals surface area contributed by atoms with Gasteiger partial charge in [0.25, 0.3) is 0 Å². The molecule has 0 aliphatic rings. The van der Waals surface area contributed by atoms with Crippen molar-refractivity contribution >= 4 is 27.5 Å². The monoisotopic (exact) mass is 327 g/mol. The van der Waals surface area contributed by atoms with Crippen LogP contribution in [-0.2, 0) is 5.41 Å². The summed E-state index contributed by atoms with van der Waals surface area (Å²) in [5, 5.41) is 8.54. The van der Waals surface area contributed by atoms with Crippen LogP contribution in [0.4, 0.5) is 0 Å². The summed E-state index contributed by atoms with van der Waals surface area (Å²) >= 11 is 9.69. The Balaban J connectivity index is 2.63. The zero-order chi connectivity index (χ0) is 13.5. The number of aryl methyl sites for hydroxylation is 1. The van der Waals surface area contributed by atoms with Crippen LogP contribution in [0.5, 0.6) is 0 Å². The second-order valence-electron chi connectivity index (χ2n) is 5.31. The van der Waals surface area contributed by atoms with E-state index in [1.54, 1.807) is 0 Å². The van der Waals surface area contributed by atoms with Crippen LogP contribution in [0.2, 0.25) is 5.28 Å². The van der Waals surface area contributed by atoms with Crippen molar-refractivity contribution in [1.82, 2.24) is 14.8 Å². The van der Waals surface area contributed by atoms with Crippen LogP contribution in [-0.4, -0.2) is 14.8 Å². The first-order valence-corrected chi connectivity index (χ1v) is 6.85. The van der Waals surface area contributed by atoms with E-state index in [1.165, 1.54) is 5.56 Å². The van der Waals surface area contributed by atoms with Crippen molar-refractivity contribution in [2.24, 2.45) is 0 Å². The number of aromatic nitrogens is 3. The Bertz CT molecular complexity index is 584. The normalized spacial score (nSPS) is 11.9. The molecule has 0 bridgehead atoms. The molecule has 0 aliphatic heterocycles. The molecule has 1 aromatic heterocycles. The van der Waals surface area contributed by atoms with Gasteiger partial charge < -0.3 is 0 Å². The van der Waals surface area contributed by atoms with Crippen molar-refractivity contribution in [2.75, 3.05) is 0 Å². The maximum absolute atomic E-state index is 6.15. The first-order valence-electron chi connectivity index (χ1n) is 5.68. The molecule has 1 aromatic carbocycles. The molecule has 2 rings (SSSR count). The smallest absolute Gasteiger partial charge is 0.229 e. The molecule has 96 valence electrons. The molecule has 0 atom stereocenters. The molecule has 3 nitrogen and oxygen atoms in total. The SMILES string of the molecule is Cc1ccc(-n2c(Cl)nnc2C(C)(C)C)cc1Br. The standard InChI is InChI=1S/C13H15BrClN3/c1-8-5-6-9(7-10(8)14)18-11(13(2,3)4)16-17-12(18)15/h5-7H,1-4H3. The maximum atomic E-state index is 6.15.